The maximum Gasteiger partial charge on any atom is 0.260 e. The molecule has 0 aliphatic carbocycles. The van der Waals surface area contributed by atoms with E-state index in [9.17, 15) is 9.18 Å². The summed E-state index contributed by atoms with van der Waals surface area (Å²) < 4.78 is 19.1. The largest absolute Gasteiger partial charge is 0.483 e. The van der Waals surface area contributed by atoms with E-state index in [-0.39, 0.29) is 30.4 Å². The number of carbonyl (C=O) groups excluding carboxylic acids is 1. The van der Waals surface area contributed by atoms with Crippen LogP contribution in [0.5, 0.6) is 5.75 Å². The van der Waals surface area contributed by atoms with Gasteiger partial charge in [-0.15, -0.1) is 0 Å². The number of nitrogens with one attached hydrogen (secondary N) is 1. The highest BCUT2D eigenvalue weighted by Crippen LogP contribution is 2.24. The van der Waals surface area contributed by atoms with E-state index in [0.29, 0.717) is 23.9 Å². The molecular weight excluding hydrogens is 429 g/mol. The third-order valence-electron chi connectivity index (χ3n) is 5.85. The van der Waals surface area contributed by atoms with Gasteiger partial charge in [0.25, 0.3) is 5.91 Å². The maximum absolute atomic E-state index is 13.2. The maximum atomic E-state index is 13.2. The zero-order valence-electron chi connectivity index (χ0n) is 19.1. The molecule has 5 nitrogen and oxygen atoms in total. The molecule has 1 saturated heterocycles. The van der Waals surface area contributed by atoms with E-state index in [1.54, 1.807) is 6.07 Å². The lowest BCUT2D eigenvalue weighted by atomic mass is 10.1. The second kappa shape index (κ2) is 11.6. The van der Waals surface area contributed by atoms with E-state index in [0.717, 1.165) is 37.2 Å². The molecule has 7 heteroatoms. The Hall–Kier alpha value is -2.15. The van der Waals surface area contributed by atoms with Crippen molar-refractivity contribution in [2.45, 2.75) is 52.4 Å². The zero-order chi connectivity index (χ0) is 23.1. The Labute approximate surface area is 195 Å². The van der Waals surface area contributed by atoms with Crippen LogP contribution < -0.4 is 10.1 Å². The minimum Gasteiger partial charge on any atom is -0.483 e. The topological polar surface area (TPSA) is 44.8 Å². The van der Waals surface area contributed by atoms with Gasteiger partial charge in [-0.2, -0.15) is 0 Å². The van der Waals surface area contributed by atoms with Crippen molar-refractivity contribution in [3.05, 3.63) is 64.4 Å². The van der Waals surface area contributed by atoms with E-state index in [2.05, 4.69) is 31.0 Å². The van der Waals surface area contributed by atoms with E-state index in [1.807, 2.05) is 29.2 Å². The van der Waals surface area contributed by atoms with Crippen LogP contribution in [0.15, 0.2) is 42.5 Å². The van der Waals surface area contributed by atoms with E-state index >= 15 is 0 Å². The minimum absolute atomic E-state index is 0.00255. The molecule has 1 fully saturated rings. The van der Waals surface area contributed by atoms with E-state index in [4.69, 9.17) is 16.3 Å². The molecule has 32 heavy (non-hydrogen) atoms. The van der Waals surface area contributed by atoms with Gasteiger partial charge in [-0.05, 0) is 62.7 Å². The van der Waals surface area contributed by atoms with Crippen LogP contribution in [0.1, 0.15) is 38.3 Å². The van der Waals surface area contributed by atoms with Crippen LogP contribution in [0, 0.1) is 5.82 Å². The summed E-state index contributed by atoms with van der Waals surface area (Å²) in [6, 6.07) is 12.4. The third-order valence-corrected chi connectivity index (χ3v) is 6.09. The monoisotopic (exact) mass is 461 g/mol. The summed E-state index contributed by atoms with van der Waals surface area (Å²) in [7, 11) is 0. The Morgan fingerprint density at radius 3 is 2.62 bits per heavy atom. The van der Waals surface area contributed by atoms with Crippen LogP contribution in [0.3, 0.4) is 0 Å². The van der Waals surface area contributed by atoms with Crippen LogP contribution in [0.4, 0.5) is 4.39 Å². The van der Waals surface area contributed by atoms with Crippen molar-refractivity contribution in [1.29, 1.82) is 0 Å². The molecule has 0 radical (unpaired) electrons. The molecule has 2 aromatic rings. The molecule has 174 valence electrons. The summed E-state index contributed by atoms with van der Waals surface area (Å²) in [5, 5.41) is 4.00. The SMILES string of the molecule is CCCNCc1cc(Cl)ccc1OCC(=O)N1CC(C)N(Cc2ccc(F)cc2)CC1C. The fourth-order valence-corrected chi connectivity index (χ4v) is 4.23. The molecule has 2 atom stereocenters. The highest BCUT2D eigenvalue weighted by Gasteiger charge is 2.32. The number of piperazine rings is 1. The second-order valence-corrected chi connectivity index (χ2v) is 8.95. The normalized spacial score (nSPS) is 19.2. The second-order valence-electron chi connectivity index (χ2n) is 8.52. The van der Waals surface area contributed by atoms with Gasteiger partial charge >= 0.3 is 0 Å². The Morgan fingerprint density at radius 2 is 1.91 bits per heavy atom. The molecule has 0 spiro atoms. The predicted molar refractivity (Wildman–Crippen MR) is 126 cm³/mol. The van der Waals surface area contributed by atoms with Crippen LogP contribution in [-0.4, -0.2) is 54.0 Å². The van der Waals surface area contributed by atoms with Gasteiger partial charge in [0.15, 0.2) is 6.61 Å². The Balaban J connectivity index is 1.56. The van der Waals surface area contributed by atoms with Gasteiger partial charge in [-0.25, -0.2) is 4.39 Å². The predicted octanol–water partition coefficient (Wildman–Crippen LogP) is 4.48. The number of halogens is 2. The van der Waals surface area contributed by atoms with Gasteiger partial charge in [0.1, 0.15) is 11.6 Å². The average molecular weight is 462 g/mol. The fourth-order valence-electron chi connectivity index (χ4n) is 4.04. The molecule has 1 heterocycles. The standard InChI is InChI=1S/C25H33ClFN3O2/c1-4-11-28-13-21-12-22(26)7-10-24(21)32-17-25(31)30-15-18(2)29(14-19(30)3)16-20-5-8-23(27)9-6-20/h5-10,12,18-19,28H,4,11,13-17H2,1-3H3. The number of ether oxygens (including phenoxy) is 1. The van der Waals surface area contributed by atoms with Crippen LogP contribution in [-0.2, 0) is 17.9 Å². The average Bonchev–Trinajstić information content (AvgIpc) is 2.77. The number of hydrogen-bond donors (Lipinski definition) is 1. The molecule has 2 aromatic carbocycles. The summed E-state index contributed by atoms with van der Waals surface area (Å²) >= 11 is 6.15. The smallest absolute Gasteiger partial charge is 0.260 e. The van der Waals surface area contributed by atoms with Crippen LogP contribution in [0.2, 0.25) is 5.02 Å². The van der Waals surface area contributed by atoms with Crippen molar-refractivity contribution in [1.82, 2.24) is 15.1 Å². The number of carbonyl (C=O) groups is 1. The molecule has 1 amide bonds. The molecule has 0 bridgehead atoms. The summed E-state index contributed by atoms with van der Waals surface area (Å²) in [6.07, 6.45) is 1.04. The van der Waals surface area contributed by atoms with E-state index in [1.165, 1.54) is 12.1 Å². The van der Waals surface area contributed by atoms with Gasteiger partial charge in [-0.3, -0.25) is 9.69 Å². The van der Waals surface area contributed by atoms with Crippen molar-refractivity contribution in [3.8, 4) is 5.75 Å². The van der Waals surface area contributed by atoms with Crippen LogP contribution >= 0.6 is 11.6 Å². The Morgan fingerprint density at radius 1 is 1.16 bits per heavy atom. The van der Waals surface area contributed by atoms with Crippen molar-refractivity contribution < 1.29 is 13.9 Å². The summed E-state index contributed by atoms with van der Waals surface area (Å²) in [4.78, 5) is 17.2. The van der Waals surface area contributed by atoms with Crippen molar-refractivity contribution in [3.63, 3.8) is 0 Å². The number of hydrogen-bond acceptors (Lipinski definition) is 4. The lowest BCUT2D eigenvalue weighted by Gasteiger charge is -2.44. The lowest BCUT2D eigenvalue weighted by Crippen LogP contribution is -2.58. The van der Waals surface area contributed by atoms with Gasteiger partial charge in [0.05, 0.1) is 0 Å². The molecule has 1 aliphatic rings. The molecular formula is C25H33ClFN3O2. The molecule has 3 rings (SSSR count). The highest BCUT2D eigenvalue weighted by molar-refractivity contribution is 6.30. The zero-order valence-corrected chi connectivity index (χ0v) is 19.9. The lowest BCUT2D eigenvalue weighted by molar-refractivity contribution is -0.139. The first-order valence-electron chi connectivity index (χ1n) is 11.3. The summed E-state index contributed by atoms with van der Waals surface area (Å²) in [6.45, 7) is 9.98. The first-order valence-corrected chi connectivity index (χ1v) is 11.6. The summed E-state index contributed by atoms with van der Waals surface area (Å²) in [5.74, 6) is 0.436. The quantitative estimate of drug-likeness (QED) is 0.559. The fraction of sp³-hybridized carbons (Fsp3) is 0.480. The first-order chi connectivity index (χ1) is 15.4. The van der Waals surface area contributed by atoms with Gasteiger partial charge < -0.3 is 15.0 Å². The van der Waals surface area contributed by atoms with Crippen LogP contribution in [0.25, 0.3) is 0 Å². The Bertz CT molecular complexity index is 893. The molecule has 0 saturated carbocycles. The van der Waals surface area contributed by atoms with E-state index < -0.39 is 0 Å². The number of amides is 1. The van der Waals surface area contributed by atoms with Gasteiger partial charge in [0.2, 0.25) is 0 Å². The third kappa shape index (κ3) is 6.67. The van der Waals surface area contributed by atoms with Crippen molar-refractivity contribution >= 4 is 17.5 Å². The first kappa shape index (κ1) is 24.5. The van der Waals surface area contributed by atoms with Gasteiger partial charge in [-0.1, -0.05) is 30.7 Å². The van der Waals surface area contributed by atoms with Gasteiger partial charge in [0, 0.05) is 48.8 Å². The number of rotatable bonds is 9. The minimum atomic E-state index is -0.226. The Kier molecular flexibility index (Phi) is 8.91. The molecule has 0 aromatic heterocycles. The highest BCUT2D eigenvalue weighted by atomic mass is 35.5. The van der Waals surface area contributed by atoms with Crippen molar-refractivity contribution in [2.24, 2.45) is 0 Å². The molecule has 1 aliphatic heterocycles. The molecule has 2 unspecified atom stereocenters. The number of nitrogens with zero attached hydrogens (tertiary/aromatic N) is 2. The van der Waals surface area contributed by atoms with Crippen molar-refractivity contribution in [2.75, 3.05) is 26.2 Å². The summed E-state index contributed by atoms with van der Waals surface area (Å²) in [5.41, 5.74) is 2.02. The molecule has 1 N–H and O–H groups in total. The number of benzene rings is 2.